The second-order valence-electron chi connectivity index (χ2n) is 7.90. The molecule has 1 aromatic carbocycles. The van der Waals surface area contributed by atoms with Gasteiger partial charge in [-0.05, 0) is 73.6 Å². The largest absolute Gasteiger partial charge is 0.494 e. The molecule has 156 valence electrons. The first-order valence-electron chi connectivity index (χ1n) is 10.5. The molecule has 0 spiro atoms. The maximum absolute atomic E-state index is 5.75. The van der Waals surface area contributed by atoms with E-state index in [1.807, 2.05) is 37.4 Å². The van der Waals surface area contributed by atoms with E-state index in [0.717, 1.165) is 28.8 Å². The summed E-state index contributed by atoms with van der Waals surface area (Å²) in [6.07, 6.45) is 3.95. The average Bonchev–Trinajstić information content (AvgIpc) is 3.34. The van der Waals surface area contributed by atoms with Crippen molar-refractivity contribution in [3.05, 3.63) is 78.4 Å². The van der Waals surface area contributed by atoms with Crippen LogP contribution in [0.5, 0.6) is 5.75 Å². The topological polar surface area (TPSA) is 42.3 Å². The fraction of sp³-hybridized carbons (Fsp3) is 0.333. The van der Waals surface area contributed by atoms with Gasteiger partial charge in [0, 0.05) is 30.3 Å². The lowest BCUT2D eigenvalue weighted by Crippen LogP contribution is -2.33. The minimum absolute atomic E-state index is 0.00574. The van der Waals surface area contributed by atoms with E-state index in [9.17, 15) is 0 Å². The third kappa shape index (κ3) is 4.05. The third-order valence-corrected chi connectivity index (χ3v) is 5.62. The molecule has 0 amide bonds. The van der Waals surface area contributed by atoms with Crippen molar-refractivity contribution < 1.29 is 4.74 Å². The van der Waals surface area contributed by atoms with Crippen molar-refractivity contribution in [3.8, 4) is 11.4 Å². The molecule has 2 aromatic heterocycles. The summed E-state index contributed by atoms with van der Waals surface area (Å²) in [5.41, 5.74) is 3.28. The first-order chi connectivity index (χ1) is 14.6. The number of ether oxygens (including phenoxy) is 1. The molecule has 3 aromatic rings. The quantitative estimate of drug-likeness (QED) is 0.551. The van der Waals surface area contributed by atoms with E-state index in [1.165, 1.54) is 5.69 Å². The van der Waals surface area contributed by atoms with Crippen molar-refractivity contribution >= 4 is 17.3 Å². The van der Waals surface area contributed by atoms with Gasteiger partial charge in [-0.3, -0.25) is 4.98 Å². The number of benzene rings is 1. The summed E-state index contributed by atoms with van der Waals surface area (Å²) in [5, 5.41) is 4.31. The number of aromatic nitrogens is 2. The highest BCUT2D eigenvalue weighted by molar-refractivity contribution is 7.80. The fourth-order valence-electron chi connectivity index (χ4n) is 4.06. The first-order valence-corrected chi connectivity index (χ1v) is 10.9. The van der Waals surface area contributed by atoms with Crippen LogP contribution in [-0.2, 0) is 0 Å². The second kappa shape index (κ2) is 8.88. The molecular weight excluding hydrogens is 392 g/mol. The van der Waals surface area contributed by atoms with Crippen LogP contribution in [0.3, 0.4) is 0 Å². The first kappa shape index (κ1) is 20.4. The maximum Gasteiger partial charge on any atom is 0.170 e. The Labute approximate surface area is 183 Å². The molecule has 30 heavy (non-hydrogen) atoms. The zero-order valence-corrected chi connectivity index (χ0v) is 18.5. The summed E-state index contributed by atoms with van der Waals surface area (Å²) in [5.74, 6) is 1.37. The van der Waals surface area contributed by atoms with Gasteiger partial charge < -0.3 is 19.5 Å². The zero-order chi connectivity index (χ0) is 21.1. The average molecular weight is 421 g/mol. The van der Waals surface area contributed by atoms with Gasteiger partial charge in [0.2, 0.25) is 0 Å². The Morgan fingerprint density at radius 2 is 1.90 bits per heavy atom. The number of rotatable bonds is 7. The van der Waals surface area contributed by atoms with E-state index in [1.54, 1.807) is 0 Å². The predicted molar refractivity (Wildman–Crippen MR) is 124 cm³/mol. The Balaban J connectivity index is 1.75. The van der Waals surface area contributed by atoms with Crippen molar-refractivity contribution in [2.45, 2.75) is 32.9 Å². The lowest BCUT2D eigenvalue weighted by molar-refractivity contribution is 0.280. The zero-order valence-electron chi connectivity index (χ0n) is 17.7. The van der Waals surface area contributed by atoms with E-state index < -0.39 is 0 Å². The normalized spacial score (nSPS) is 18.7. The Hall–Kier alpha value is -2.86. The third-order valence-electron chi connectivity index (χ3n) is 5.27. The number of nitrogens with zero attached hydrogens (tertiary/aromatic N) is 3. The van der Waals surface area contributed by atoms with E-state index in [2.05, 4.69) is 70.1 Å². The van der Waals surface area contributed by atoms with Crippen LogP contribution in [0.25, 0.3) is 5.69 Å². The minimum Gasteiger partial charge on any atom is -0.494 e. The van der Waals surface area contributed by atoms with Crippen LogP contribution in [0.1, 0.15) is 44.2 Å². The number of nitrogens with one attached hydrogen (secondary N) is 1. The molecule has 1 N–H and O–H groups in total. The smallest absolute Gasteiger partial charge is 0.170 e. The SMILES string of the molecule is CCOc1ccc(-n2cccc2[C@H]2[C@@H](c3ccccn3)NC(=S)N2CC(C)C)cc1. The number of hydrogen-bond acceptors (Lipinski definition) is 3. The summed E-state index contributed by atoms with van der Waals surface area (Å²) in [6, 6.07) is 18.6. The van der Waals surface area contributed by atoms with Crippen molar-refractivity contribution in [3.63, 3.8) is 0 Å². The number of thiocarbonyl (C=S) groups is 1. The van der Waals surface area contributed by atoms with Crippen LogP contribution in [0, 0.1) is 5.92 Å². The fourth-order valence-corrected chi connectivity index (χ4v) is 4.37. The Morgan fingerprint density at radius 3 is 2.57 bits per heavy atom. The monoisotopic (exact) mass is 420 g/mol. The molecule has 1 saturated heterocycles. The van der Waals surface area contributed by atoms with Crippen molar-refractivity contribution in [2.75, 3.05) is 13.2 Å². The molecule has 0 saturated carbocycles. The van der Waals surface area contributed by atoms with Crippen molar-refractivity contribution in [1.82, 2.24) is 19.8 Å². The van der Waals surface area contributed by atoms with Crippen LogP contribution >= 0.6 is 12.2 Å². The van der Waals surface area contributed by atoms with Gasteiger partial charge in [0.15, 0.2) is 5.11 Å². The van der Waals surface area contributed by atoms with Crippen LogP contribution in [0.2, 0.25) is 0 Å². The van der Waals surface area contributed by atoms with Gasteiger partial charge in [-0.1, -0.05) is 19.9 Å². The lowest BCUT2D eigenvalue weighted by Gasteiger charge is -2.30. The molecule has 6 heteroatoms. The van der Waals surface area contributed by atoms with Crippen LogP contribution in [-0.4, -0.2) is 32.7 Å². The van der Waals surface area contributed by atoms with Crippen LogP contribution in [0.4, 0.5) is 0 Å². The Bertz CT molecular complexity index is 984. The van der Waals surface area contributed by atoms with Crippen molar-refractivity contribution in [2.24, 2.45) is 5.92 Å². The lowest BCUT2D eigenvalue weighted by atomic mass is 10.0. The molecule has 1 aliphatic rings. The van der Waals surface area contributed by atoms with Gasteiger partial charge in [0.05, 0.1) is 24.4 Å². The molecule has 4 rings (SSSR count). The molecule has 2 atom stereocenters. The summed E-state index contributed by atoms with van der Waals surface area (Å²) in [6.45, 7) is 7.98. The highest BCUT2D eigenvalue weighted by atomic mass is 32.1. The van der Waals surface area contributed by atoms with E-state index in [4.69, 9.17) is 17.0 Å². The van der Waals surface area contributed by atoms with Crippen molar-refractivity contribution in [1.29, 1.82) is 0 Å². The molecular formula is C24H28N4OS. The molecule has 1 aliphatic heterocycles. The summed E-state index contributed by atoms with van der Waals surface area (Å²) in [4.78, 5) is 6.93. The van der Waals surface area contributed by atoms with Gasteiger partial charge in [0.1, 0.15) is 5.75 Å². The van der Waals surface area contributed by atoms with E-state index in [-0.39, 0.29) is 12.1 Å². The van der Waals surface area contributed by atoms with Crippen LogP contribution < -0.4 is 10.1 Å². The van der Waals surface area contributed by atoms with Gasteiger partial charge in [-0.15, -0.1) is 0 Å². The highest BCUT2D eigenvalue weighted by Crippen LogP contribution is 2.40. The summed E-state index contributed by atoms with van der Waals surface area (Å²) >= 11 is 5.75. The van der Waals surface area contributed by atoms with E-state index >= 15 is 0 Å². The molecule has 3 heterocycles. The number of pyridine rings is 1. The van der Waals surface area contributed by atoms with Crippen LogP contribution in [0.15, 0.2) is 67.0 Å². The molecule has 0 radical (unpaired) electrons. The summed E-state index contributed by atoms with van der Waals surface area (Å²) < 4.78 is 7.84. The molecule has 0 bridgehead atoms. The predicted octanol–water partition coefficient (Wildman–Crippen LogP) is 4.90. The highest BCUT2D eigenvalue weighted by Gasteiger charge is 2.41. The Kier molecular flexibility index (Phi) is 6.04. The molecule has 0 unspecified atom stereocenters. The standard InChI is InChI=1S/C24H28N4OS/c1-4-29-19-12-10-18(11-13-19)27-15-7-9-21(27)23-22(20-8-5-6-14-25-20)26-24(30)28(23)16-17(2)3/h5-15,17,22-23H,4,16H2,1-3H3,(H,26,30)/t22-,23+/m1/s1. The molecule has 1 fully saturated rings. The van der Waals surface area contributed by atoms with E-state index in [0.29, 0.717) is 12.5 Å². The molecule has 0 aliphatic carbocycles. The summed E-state index contributed by atoms with van der Waals surface area (Å²) in [7, 11) is 0. The van der Waals surface area contributed by atoms with Gasteiger partial charge >= 0.3 is 0 Å². The van der Waals surface area contributed by atoms with Gasteiger partial charge in [-0.2, -0.15) is 0 Å². The van der Waals surface area contributed by atoms with Gasteiger partial charge in [0.25, 0.3) is 0 Å². The molecule has 5 nitrogen and oxygen atoms in total. The minimum atomic E-state index is -0.00574. The Morgan fingerprint density at radius 1 is 1.10 bits per heavy atom. The maximum atomic E-state index is 5.75. The second-order valence-corrected chi connectivity index (χ2v) is 8.29. The van der Waals surface area contributed by atoms with Gasteiger partial charge in [-0.25, -0.2) is 0 Å². The number of hydrogen-bond donors (Lipinski definition) is 1.